The number of sulfonamides is 1. The average Bonchev–Trinajstić information content (AvgIpc) is 3.32. The number of nitrogens with one attached hydrogen (secondary N) is 1. The molecule has 1 aromatic heterocycles. The van der Waals surface area contributed by atoms with Crippen LogP contribution in [0, 0.1) is 17.2 Å². The standard InChI is InChI=1S/C24H24N4O3S2/c1-2-17-3-7-19(8-4-17)22-16-32-24(26-22)27-23(29)20-11-13-28(14-12-20)33(30,31)21-9-5-18(15-25)6-10-21/h3-10,16,20H,2,11-14H2,1H3,(H,26,27,29). The Kier molecular flexibility index (Phi) is 6.88. The van der Waals surface area contributed by atoms with Crippen LogP contribution in [-0.4, -0.2) is 36.7 Å². The Balaban J connectivity index is 1.35. The third kappa shape index (κ3) is 5.14. The minimum Gasteiger partial charge on any atom is -0.302 e. The molecule has 1 fully saturated rings. The van der Waals surface area contributed by atoms with E-state index in [0.29, 0.717) is 23.5 Å². The van der Waals surface area contributed by atoms with Crippen molar-refractivity contribution in [1.82, 2.24) is 9.29 Å². The molecule has 2 aromatic carbocycles. The number of nitrogens with zero attached hydrogens (tertiary/aromatic N) is 3. The summed E-state index contributed by atoms with van der Waals surface area (Å²) in [5, 5.41) is 14.2. The number of nitriles is 1. The molecule has 0 atom stereocenters. The summed E-state index contributed by atoms with van der Waals surface area (Å²) in [6, 6.07) is 16.1. The smallest absolute Gasteiger partial charge is 0.243 e. The zero-order chi connectivity index (χ0) is 23.4. The Bertz CT molecular complexity index is 1270. The Morgan fingerprint density at radius 1 is 1.15 bits per heavy atom. The molecule has 2 heterocycles. The topological polar surface area (TPSA) is 103 Å². The van der Waals surface area contributed by atoms with Gasteiger partial charge in [0.25, 0.3) is 0 Å². The third-order valence-corrected chi connectivity index (χ3v) is 8.51. The Morgan fingerprint density at radius 3 is 2.42 bits per heavy atom. The van der Waals surface area contributed by atoms with Gasteiger partial charge in [-0.25, -0.2) is 13.4 Å². The van der Waals surface area contributed by atoms with E-state index >= 15 is 0 Å². The highest BCUT2D eigenvalue weighted by Crippen LogP contribution is 2.28. The summed E-state index contributed by atoms with van der Waals surface area (Å²) in [7, 11) is -3.65. The van der Waals surface area contributed by atoms with E-state index in [1.165, 1.54) is 45.5 Å². The maximum atomic E-state index is 12.9. The van der Waals surface area contributed by atoms with Crippen LogP contribution in [-0.2, 0) is 21.2 Å². The van der Waals surface area contributed by atoms with E-state index in [9.17, 15) is 13.2 Å². The fourth-order valence-electron chi connectivity index (χ4n) is 3.79. The van der Waals surface area contributed by atoms with Crippen molar-refractivity contribution in [2.45, 2.75) is 31.1 Å². The van der Waals surface area contributed by atoms with Crippen molar-refractivity contribution in [2.24, 2.45) is 5.92 Å². The van der Waals surface area contributed by atoms with Crippen LogP contribution in [0.15, 0.2) is 58.8 Å². The summed E-state index contributed by atoms with van der Waals surface area (Å²) < 4.78 is 27.1. The molecule has 33 heavy (non-hydrogen) atoms. The number of hydrogen-bond acceptors (Lipinski definition) is 6. The van der Waals surface area contributed by atoms with Crippen molar-refractivity contribution in [2.75, 3.05) is 18.4 Å². The molecule has 1 N–H and O–H groups in total. The van der Waals surface area contributed by atoms with Gasteiger partial charge in [-0.1, -0.05) is 31.2 Å². The zero-order valence-corrected chi connectivity index (χ0v) is 19.8. The van der Waals surface area contributed by atoms with E-state index in [-0.39, 0.29) is 29.8 Å². The van der Waals surface area contributed by atoms with Gasteiger partial charge in [0.05, 0.1) is 22.2 Å². The molecule has 1 aliphatic rings. The fraction of sp³-hybridized carbons (Fsp3) is 0.292. The highest BCUT2D eigenvalue weighted by molar-refractivity contribution is 7.89. The van der Waals surface area contributed by atoms with Crippen LogP contribution in [0.5, 0.6) is 0 Å². The molecule has 3 aromatic rings. The number of anilines is 1. The van der Waals surface area contributed by atoms with Crippen molar-refractivity contribution in [3.05, 3.63) is 65.0 Å². The number of carbonyl (C=O) groups is 1. The van der Waals surface area contributed by atoms with Crippen LogP contribution in [0.25, 0.3) is 11.3 Å². The number of aryl methyl sites for hydroxylation is 1. The molecular formula is C24H24N4O3S2. The maximum Gasteiger partial charge on any atom is 0.243 e. The third-order valence-electron chi connectivity index (χ3n) is 5.84. The van der Waals surface area contributed by atoms with Crippen molar-refractivity contribution in [1.29, 1.82) is 5.26 Å². The monoisotopic (exact) mass is 480 g/mol. The second-order valence-corrected chi connectivity index (χ2v) is 10.7. The van der Waals surface area contributed by atoms with Crippen LogP contribution in [0.4, 0.5) is 5.13 Å². The number of hydrogen-bond donors (Lipinski definition) is 1. The lowest BCUT2D eigenvalue weighted by Gasteiger charge is -2.30. The summed E-state index contributed by atoms with van der Waals surface area (Å²) in [5.74, 6) is -0.402. The number of carbonyl (C=O) groups excluding carboxylic acids is 1. The molecular weight excluding hydrogens is 456 g/mol. The summed E-state index contributed by atoms with van der Waals surface area (Å²) >= 11 is 1.38. The van der Waals surface area contributed by atoms with Gasteiger partial charge in [0.1, 0.15) is 0 Å². The van der Waals surface area contributed by atoms with Crippen LogP contribution >= 0.6 is 11.3 Å². The molecule has 4 rings (SSSR count). The van der Waals surface area contributed by atoms with Crippen molar-refractivity contribution in [3.63, 3.8) is 0 Å². The Labute approximate surface area is 197 Å². The summed E-state index contributed by atoms with van der Waals surface area (Å²) in [5.41, 5.74) is 3.49. The van der Waals surface area contributed by atoms with E-state index in [1.54, 1.807) is 0 Å². The van der Waals surface area contributed by atoms with Gasteiger partial charge in [-0.3, -0.25) is 4.79 Å². The molecule has 9 heteroatoms. The molecule has 1 saturated heterocycles. The van der Waals surface area contributed by atoms with Gasteiger partial charge in [-0.15, -0.1) is 11.3 Å². The average molecular weight is 481 g/mol. The minimum atomic E-state index is -3.65. The molecule has 1 amide bonds. The number of piperidine rings is 1. The quantitative estimate of drug-likeness (QED) is 0.567. The van der Waals surface area contributed by atoms with Gasteiger partial charge in [-0.2, -0.15) is 9.57 Å². The second kappa shape index (κ2) is 9.83. The van der Waals surface area contributed by atoms with Crippen molar-refractivity contribution >= 4 is 32.4 Å². The number of benzene rings is 2. The van der Waals surface area contributed by atoms with Crippen LogP contribution in [0.1, 0.15) is 30.9 Å². The van der Waals surface area contributed by atoms with E-state index in [0.717, 1.165) is 17.7 Å². The first-order valence-corrected chi connectivity index (χ1v) is 13.1. The molecule has 0 spiro atoms. The molecule has 0 radical (unpaired) electrons. The van der Waals surface area contributed by atoms with Crippen molar-refractivity contribution < 1.29 is 13.2 Å². The molecule has 1 aliphatic heterocycles. The summed E-state index contributed by atoms with van der Waals surface area (Å²) in [6.45, 7) is 2.65. The number of rotatable bonds is 6. The highest BCUT2D eigenvalue weighted by atomic mass is 32.2. The first kappa shape index (κ1) is 23.1. The zero-order valence-electron chi connectivity index (χ0n) is 18.2. The predicted molar refractivity (Wildman–Crippen MR) is 128 cm³/mol. The van der Waals surface area contributed by atoms with Crippen molar-refractivity contribution in [3.8, 4) is 17.3 Å². The highest BCUT2D eigenvalue weighted by Gasteiger charge is 2.32. The van der Waals surface area contributed by atoms with Gasteiger partial charge in [-0.05, 0) is 49.1 Å². The summed E-state index contributed by atoms with van der Waals surface area (Å²) in [4.78, 5) is 17.4. The first-order valence-electron chi connectivity index (χ1n) is 10.8. The van der Waals surface area contributed by atoms with Crippen LogP contribution in [0.3, 0.4) is 0 Å². The maximum absolute atomic E-state index is 12.9. The lowest BCUT2D eigenvalue weighted by Crippen LogP contribution is -2.41. The van der Waals surface area contributed by atoms with Gasteiger partial charge in [0, 0.05) is 30.0 Å². The molecule has 0 bridgehead atoms. The fourth-order valence-corrected chi connectivity index (χ4v) is 5.98. The van der Waals surface area contributed by atoms with E-state index < -0.39 is 10.0 Å². The number of aromatic nitrogens is 1. The first-order chi connectivity index (χ1) is 15.9. The summed E-state index contributed by atoms with van der Waals surface area (Å²) in [6.07, 6.45) is 1.86. The van der Waals surface area contributed by atoms with Crippen LogP contribution < -0.4 is 5.32 Å². The van der Waals surface area contributed by atoms with Gasteiger partial charge in [0.2, 0.25) is 15.9 Å². The second-order valence-electron chi connectivity index (χ2n) is 7.89. The number of amides is 1. The molecule has 0 unspecified atom stereocenters. The number of thiazole rings is 1. The van der Waals surface area contributed by atoms with E-state index in [2.05, 4.69) is 29.4 Å². The SMILES string of the molecule is CCc1ccc(-c2csc(NC(=O)C3CCN(S(=O)(=O)c4ccc(C#N)cc4)CC3)n2)cc1. The van der Waals surface area contributed by atoms with Gasteiger partial charge in [0.15, 0.2) is 5.13 Å². The molecule has 170 valence electrons. The lowest BCUT2D eigenvalue weighted by atomic mass is 9.97. The van der Waals surface area contributed by atoms with E-state index in [4.69, 9.17) is 5.26 Å². The predicted octanol–water partition coefficient (Wildman–Crippen LogP) is 4.28. The van der Waals surface area contributed by atoms with Gasteiger partial charge < -0.3 is 5.32 Å². The molecule has 0 saturated carbocycles. The Hall–Kier alpha value is -3.06. The lowest BCUT2D eigenvalue weighted by molar-refractivity contribution is -0.120. The van der Waals surface area contributed by atoms with Crippen LogP contribution in [0.2, 0.25) is 0 Å². The minimum absolute atomic E-state index is 0.132. The van der Waals surface area contributed by atoms with Gasteiger partial charge >= 0.3 is 0 Å². The Morgan fingerprint density at radius 2 is 1.82 bits per heavy atom. The molecule has 7 nitrogen and oxygen atoms in total. The largest absolute Gasteiger partial charge is 0.302 e. The normalized spacial score (nSPS) is 15.2. The molecule has 0 aliphatic carbocycles. The van der Waals surface area contributed by atoms with E-state index in [1.807, 2.05) is 23.6 Å².